The lowest BCUT2D eigenvalue weighted by Gasteiger charge is -2.15. The predicted molar refractivity (Wildman–Crippen MR) is 85.9 cm³/mol. The van der Waals surface area contributed by atoms with Crippen molar-refractivity contribution >= 4 is 17.7 Å². The van der Waals surface area contributed by atoms with Crippen LogP contribution in [0.2, 0.25) is 0 Å². The Morgan fingerprint density at radius 2 is 1.85 bits per heavy atom. The predicted octanol–water partition coefficient (Wildman–Crippen LogP) is 4.89. The molecule has 0 fully saturated rings. The largest absolute Gasteiger partial charge is 0.478 e. The van der Waals surface area contributed by atoms with Gasteiger partial charge in [-0.05, 0) is 31.2 Å². The summed E-state index contributed by atoms with van der Waals surface area (Å²) in [5.74, 6) is -1.93. The molecule has 0 amide bonds. The SMILES string of the molecule is C/C(=C\c1cc([N+](=O)[O-])ccc1Oc1ccccc1C(F)(F)F)C(=O)O. The Labute approximate surface area is 145 Å². The Hall–Kier alpha value is -3.36. The van der Waals surface area contributed by atoms with Crippen LogP contribution in [-0.2, 0) is 11.0 Å². The van der Waals surface area contributed by atoms with Crippen molar-refractivity contribution in [1.29, 1.82) is 0 Å². The average Bonchev–Trinajstić information content (AvgIpc) is 2.55. The summed E-state index contributed by atoms with van der Waals surface area (Å²) in [6.07, 6.45) is -3.58. The Kier molecular flexibility index (Phi) is 5.30. The van der Waals surface area contributed by atoms with Gasteiger partial charge in [-0.25, -0.2) is 4.79 Å². The monoisotopic (exact) mass is 367 g/mol. The summed E-state index contributed by atoms with van der Waals surface area (Å²) in [6, 6.07) is 7.67. The molecule has 9 heteroatoms. The first-order chi connectivity index (χ1) is 12.1. The van der Waals surface area contributed by atoms with E-state index < -0.39 is 28.4 Å². The molecule has 0 saturated heterocycles. The lowest BCUT2D eigenvalue weighted by molar-refractivity contribution is -0.384. The fraction of sp³-hybridized carbons (Fsp3) is 0.118. The fourth-order valence-electron chi connectivity index (χ4n) is 2.06. The molecule has 2 rings (SSSR count). The van der Waals surface area contributed by atoms with E-state index in [4.69, 9.17) is 9.84 Å². The number of alkyl halides is 3. The number of hydrogen-bond acceptors (Lipinski definition) is 4. The number of hydrogen-bond donors (Lipinski definition) is 1. The third-order valence-electron chi connectivity index (χ3n) is 3.33. The number of non-ortho nitro benzene ring substituents is 1. The first-order valence-corrected chi connectivity index (χ1v) is 7.13. The number of benzene rings is 2. The number of halogens is 3. The molecule has 0 aromatic heterocycles. The minimum atomic E-state index is -4.66. The van der Waals surface area contributed by atoms with Crippen LogP contribution in [0.25, 0.3) is 6.08 Å². The highest BCUT2D eigenvalue weighted by atomic mass is 19.4. The molecule has 0 radical (unpaired) electrons. The van der Waals surface area contributed by atoms with Crippen molar-refractivity contribution in [2.24, 2.45) is 0 Å². The van der Waals surface area contributed by atoms with Crippen LogP contribution < -0.4 is 4.74 Å². The van der Waals surface area contributed by atoms with Gasteiger partial charge in [0.2, 0.25) is 0 Å². The molecule has 2 aromatic carbocycles. The Bertz CT molecular complexity index is 890. The highest BCUT2D eigenvalue weighted by Crippen LogP contribution is 2.39. The second kappa shape index (κ2) is 7.26. The van der Waals surface area contributed by atoms with Gasteiger partial charge in [-0.3, -0.25) is 10.1 Å². The van der Waals surface area contributed by atoms with Gasteiger partial charge in [-0.15, -0.1) is 0 Å². The molecule has 2 aromatic rings. The van der Waals surface area contributed by atoms with E-state index in [0.717, 1.165) is 36.4 Å². The van der Waals surface area contributed by atoms with Crippen LogP contribution in [0.4, 0.5) is 18.9 Å². The summed E-state index contributed by atoms with van der Waals surface area (Å²) in [6.45, 7) is 1.24. The molecule has 0 aliphatic heterocycles. The molecule has 6 nitrogen and oxygen atoms in total. The summed E-state index contributed by atoms with van der Waals surface area (Å²) in [7, 11) is 0. The van der Waals surface area contributed by atoms with Crippen LogP contribution >= 0.6 is 0 Å². The van der Waals surface area contributed by atoms with Gasteiger partial charge in [0.1, 0.15) is 11.5 Å². The molecule has 0 heterocycles. The van der Waals surface area contributed by atoms with Crippen LogP contribution in [0, 0.1) is 10.1 Å². The maximum atomic E-state index is 13.1. The van der Waals surface area contributed by atoms with E-state index in [-0.39, 0.29) is 22.6 Å². The molecular weight excluding hydrogens is 355 g/mol. The Balaban J connectivity index is 2.55. The zero-order valence-corrected chi connectivity index (χ0v) is 13.3. The maximum absolute atomic E-state index is 13.1. The fourth-order valence-corrected chi connectivity index (χ4v) is 2.06. The van der Waals surface area contributed by atoms with Gasteiger partial charge < -0.3 is 9.84 Å². The van der Waals surface area contributed by atoms with E-state index in [2.05, 4.69) is 0 Å². The molecule has 1 N–H and O–H groups in total. The smallest absolute Gasteiger partial charge is 0.419 e. The zero-order valence-electron chi connectivity index (χ0n) is 13.3. The number of carboxylic acids is 1. The number of aliphatic carboxylic acids is 1. The molecule has 0 unspecified atom stereocenters. The molecule has 0 aliphatic carbocycles. The Morgan fingerprint density at radius 1 is 1.19 bits per heavy atom. The van der Waals surface area contributed by atoms with Gasteiger partial charge in [-0.2, -0.15) is 13.2 Å². The summed E-state index contributed by atoms with van der Waals surface area (Å²) in [5.41, 5.74) is -1.58. The number of ether oxygens (including phenoxy) is 1. The zero-order chi connectivity index (χ0) is 19.5. The van der Waals surface area contributed by atoms with Gasteiger partial charge in [0.05, 0.1) is 10.5 Å². The van der Waals surface area contributed by atoms with Crippen molar-refractivity contribution in [3.8, 4) is 11.5 Å². The molecule has 0 bridgehead atoms. The number of nitro benzene ring substituents is 1. The van der Waals surface area contributed by atoms with Crippen LogP contribution in [0.5, 0.6) is 11.5 Å². The van der Waals surface area contributed by atoms with Crippen molar-refractivity contribution in [2.75, 3.05) is 0 Å². The third-order valence-corrected chi connectivity index (χ3v) is 3.33. The lowest BCUT2D eigenvalue weighted by Crippen LogP contribution is -2.07. The number of carboxylic acid groups (broad SMARTS) is 1. The second-order valence-electron chi connectivity index (χ2n) is 5.21. The summed E-state index contributed by atoms with van der Waals surface area (Å²) in [4.78, 5) is 21.2. The van der Waals surface area contributed by atoms with Gasteiger partial charge in [0.15, 0.2) is 0 Å². The van der Waals surface area contributed by atoms with E-state index in [9.17, 15) is 28.1 Å². The number of rotatable bonds is 5. The minimum absolute atomic E-state index is 0.0314. The number of carbonyl (C=O) groups is 1. The molecule has 0 atom stereocenters. The minimum Gasteiger partial charge on any atom is -0.478 e. The highest BCUT2D eigenvalue weighted by molar-refractivity contribution is 5.92. The van der Waals surface area contributed by atoms with Crippen molar-refractivity contribution in [3.05, 3.63) is 69.3 Å². The number of nitrogens with zero attached hydrogens (tertiary/aromatic N) is 1. The first-order valence-electron chi connectivity index (χ1n) is 7.13. The molecule has 0 aliphatic rings. The van der Waals surface area contributed by atoms with Crippen molar-refractivity contribution in [1.82, 2.24) is 0 Å². The topological polar surface area (TPSA) is 89.7 Å². The van der Waals surface area contributed by atoms with Crippen molar-refractivity contribution in [3.63, 3.8) is 0 Å². The molecule has 0 spiro atoms. The van der Waals surface area contributed by atoms with Crippen molar-refractivity contribution in [2.45, 2.75) is 13.1 Å². The van der Waals surface area contributed by atoms with E-state index in [1.165, 1.54) is 19.1 Å². The lowest BCUT2D eigenvalue weighted by atomic mass is 10.1. The van der Waals surface area contributed by atoms with E-state index >= 15 is 0 Å². The van der Waals surface area contributed by atoms with Gasteiger partial charge in [0, 0.05) is 23.3 Å². The van der Waals surface area contributed by atoms with Crippen LogP contribution in [0.15, 0.2) is 48.0 Å². The summed E-state index contributed by atoms with van der Waals surface area (Å²) < 4.78 is 44.5. The van der Waals surface area contributed by atoms with E-state index in [1.807, 2.05) is 0 Å². The van der Waals surface area contributed by atoms with E-state index in [0.29, 0.717) is 0 Å². The van der Waals surface area contributed by atoms with Crippen LogP contribution in [0.3, 0.4) is 0 Å². The first kappa shape index (κ1) is 19.0. The average molecular weight is 367 g/mol. The number of nitro groups is 1. The summed E-state index contributed by atoms with van der Waals surface area (Å²) in [5, 5.41) is 19.9. The molecule has 26 heavy (non-hydrogen) atoms. The van der Waals surface area contributed by atoms with Gasteiger partial charge in [0.25, 0.3) is 5.69 Å². The highest BCUT2D eigenvalue weighted by Gasteiger charge is 2.34. The molecule has 0 saturated carbocycles. The summed E-state index contributed by atoms with van der Waals surface area (Å²) >= 11 is 0. The second-order valence-corrected chi connectivity index (χ2v) is 5.21. The molecular formula is C17H12F3NO5. The quantitative estimate of drug-likeness (QED) is 0.461. The van der Waals surface area contributed by atoms with Gasteiger partial charge in [-0.1, -0.05) is 12.1 Å². The van der Waals surface area contributed by atoms with Crippen molar-refractivity contribution < 1.29 is 32.7 Å². The van der Waals surface area contributed by atoms with E-state index in [1.54, 1.807) is 0 Å². The maximum Gasteiger partial charge on any atom is 0.419 e. The van der Waals surface area contributed by atoms with Crippen LogP contribution in [0.1, 0.15) is 18.1 Å². The standard InChI is InChI=1S/C17H12F3NO5/c1-10(16(22)23)8-11-9-12(21(24)25)6-7-14(11)26-15-5-3-2-4-13(15)17(18,19)20/h2-9H,1H3,(H,22,23)/b10-8+. The molecule has 136 valence electrons. The third kappa shape index (κ3) is 4.38. The number of para-hydroxylation sites is 1. The van der Waals surface area contributed by atoms with Crippen LogP contribution in [-0.4, -0.2) is 16.0 Å². The Morgan fingerprint density at radius 3 is 2.42 bits per heavy atom. The van der Waals surface area contributed by atoms with Gasteiger partial charge >= 0.3 is 12.1 Å². The normalized spacial score (nSPS) is 11.9.